The van der Waals surface area contributed by atoms with Gasteiger partial charge in [0.15, 0.2) is 6.29 Å². The van der Waals surface area contributed by atoms with Crippen molar-refractivity contribution >= 4 is 24.6 Å². The highest BCUT2D eigenvalue weighted by Gasteiger charge is 2.18. The van der Waals surface area contributed by atoms with Crippen LogP contribution in [-0.2, 0) is 16.2 Å². The Morgan fingerprint density at radius 1 is 1.40 bits per heavy atom. The first-order valence-electron chi connectivity index (χ1n) is 8.23. The molecule has 1 saturated carbocycles. The Morgan fingerprint density at radius 3 is 2.64 bits per heavy atom. The van der Waals surface area contributed by atoms with Crippen LogP contribution < -0.4 is 4.90 Å². The summed E-state index contributed by atoms with van der Waals surface area (Å²) in [6.07, 6.45) is 5.59. The van der Waals surface area contributed by atoms with Crippen LogP contribution in [0.15, 0.2) is 57.8 Å². The summed E-state index contributed by atoms with van der Waals surface area (Å²) < 4.78 is 18.3. The van der Waals surface area contributed by atoms with Crippen LogP contribution in [0.25, 0.3) is 0 Å². The number of benzene rings is 1. The third-order valence-corrected chi connectivity index (χ3v) is 4.94. The van der Waals surface area contributed by atoms with Gasteiger partial charge in [-0.3, -0.25) is 4.79 Å². The zero-order chi connectivity index (χ0) is 18.4. The van der Waals surface area contributed by atoms with Crippen LogP contribution in [0, 0.1) is 0 Å². The molecule has 0 spiro atoms. The summed E-state index contributed by atoms with van der Waals surface area (Å²) >= 11 is 4.56. The number of hydrogen-bond acceptors (Lipinski definition) is 4. The van der Waals surface area contributed by atoms with E-state index in [4.69, 9.17) is 4.74 Å². The molecule has 0 amide bonds. The predicted octanol–water partition coefficient (Wildman–Crippen LogP) is 4.96. The standard InChI is InChI=1S/C20H24FNO2S/c1-14(22(2)18-9-4-6-15(10-18)12-21)19(25)11-17(13-23)20(24-3)16-7-5-8-16/h4,6,9-11,13,25H,5,7-8,12H2,1-3H3/b17-11+,19-14+. The molecule has 0 aromatic heterocycles. The van der Waals surface area contributed by atoms with Crippen molar-refractivity contribution in [1.29, 1.82) is 0 Å². The summed E-state index contributed by atoms with van der Waals surface area (Å²) in [5, 5.41) is 0. The average Bonchev–Trinajstić information content (AvgIpc) is 2.61. The number of halogens is 1. The van der Waals surface area contributed by atoms with Crippen molar-refractivity contribution < 1.29 is 13.9 Å². The third kappa shape index (κ3) is 4.54. The number of methoxy groups -OCH3 is 1. The number of thiol groups is 1. The molecule has 0 bridgehead atoms. The Labute approximate surface area is 154 Å². The van der Waals surface area contributed by atoms with E-state index in [2.05, 4.69) is 12.6 Å². The maximum absolute atomic E-state index is 12.9. The van der Waals surface area contributed by atoms with Crippen molar-refractivity contribution in [3.05, 3.63) is 63.4 Å². The number of ether oxygens (including phenoxy) is 1. The summed E-state index contributed by atoms with van der Waals surface area (Å²) in [7, 11) is 3.47. The number of allylic oxidation sites excluding steroid dienone is 4. The number of carbonyl (C=O) groups excluding carboxylic acids is 1. The molecule has 1 aliphatic carbocycles. The second kappa shape index (κ2) is 8.90. The quantitative estimate of drug-likeness (QED) is 0.245. The zero-order valence-electron chi connectivity index (χ0n) is 14.9. The van der Waals surface area contributed by atoms with Gasteiger partial charge in [-0.25, -0.2) is 4.39 Å². The lowest BCUT2D eigenvalue weighted by Crippen LogP contribution is -2.15. The lowest BCUT2D eigenvalue weighted by molar-refractivity contribution is -0.105. The minimum absolute atomic E-state index is 0.493. The zero-order valence-corrected chi connectivity index (χ0v) is 15.8. The second-order valence-electron chi connectivity index (χ2n) is 6.04. The van der Waals surface area contributed by atoms with Crippen molar-refractivity contribution in [1.82, 2.24) is 0 Å². The van der Waals surface area contributed by atoms with Crippen LogP contribution in [0.4, 0.5) is 10.1 Å². The molecule has 5 heteroatoms. The van der Waals surface area contributed by atoms with Crippen LogP contribution in [0.2, 0.25) is 0 Å². The van der Waals surface area contributed by atoms with E-state index in [1.807, 2.05) is 31.0 Å². The SMILES string of the molecule is COC(=C1CCC1)/C(C=O)=C/C(S)=C(/C)N(C)c1cccc(CF)c1. The highest BCUT2D eigenvalue weighted by atomic mass is 32.1. The highest BCUT2D eigenvalue weighted by molar-refractivity contribution is 7.84. The van der Waals surface area contributed by atoms with Gasteiger partial charge >= 0.3 is 0 Å². The molecule has 0 atom stereocenters. The van der Waals surface area contributed by atoms with Crippen LogP contribution in [-0.4, -0.2) is 20.4 Å². The van der Waals surface area contributed by atoms with Gasteiger partial charge in [-0.2, -0.15) is 0 Å². The van der Waals surface area contributed by atoms with Gasteiger partial charge in [-0.15, -0.1) is 12.6 Å². The molecule has 1 aromatic carbocycles. The molecule has 0 aliphatic heterocycles. The number of anilines is 1. The van der Waals surface area contributed by atoms with E-state index in [1.165, 1.54) is 5.57 Å². The molecule has 1 aliphatic rings. The van der Waals surface area contributed by atoms with Gasteiger partial charge in [-0.05, 0) is 55.5 Å². The van der Waals surface area contributed by atoms with Gasteiger partial charge in [0.05, 0.1) is 12.7 Å². The van der Waals surface area contributed by atoms with Crippen molar-refractivity contribution in [2.24, 2.45) is 0 Å². The Bertz CT molecular complexity index is 731. The molecule has 1 aromatic rings. The summed E-state index contributed by atoms with van der Waals surface area (Å²) in [6, 6.07) is 7.28. The summed E-state index contributed by atoms with van der Waals surface area (Å²) in [5.41, 5.74) is 4.01. The maximum Gasteiger partial charge on any atom is 0.153 e. The van der Waals surface area contributed by atoms with E-state index in [0.29, 0.717) is 21.8 Å². The fourth-order valence-corrected chi connectivity index (χ4v) is 2.95. The lowest BCUT2D eigenvalue weighted by atomic mass is 9.89. The Balaban J connectivity index is 2.34. The summed E-state index contributed by atoms with van der Waals surface area (Å²) in [5.74, 6) is 0.655. The normalized spacial score (nSPS) is 15.2. The fraction of sp³-hybridized carbons (Fsp3) is 0.350. The van der Waals surface area contributed by atoms with Crippen molar-refractivity contribution in [3.63, 3.8) is 0 Å². The first-order chi connectivity index (χ1) is 12.0. The maximum atomic E-state index is 12.9. The number of alkyl halides is 1. The van der Waals surface area contributed by atoms with Crippen LogP contribution in [0.5, 0.6) is 0 Å². The summed E-state index contributed by atoms with van der Waals surface area (Å²) in [4.78, 5) is 14.1. The van der Waals surface area contributed by atoms with Gasteiger partial charge in [0.2, 0.25) is 0 Å². The van der Waals surface area contributed by atoms with Crippen LogP contribution in [0.1, 0.15) is 31.7 Å². The molecular formula is C20H24FNO2S. The van der Waals surface area contributed by atoms with E-state index < -0.39 is 6.67 Å². The smallest absolute Gasteiger partial charge is 0.153 e. The fourth-order valence-electron chi connectivity index (χ4n) is 2.67. The first kappa shape index (κ1) is 19.3. The molecule has 0 heterocycles. The van der Waals surface area contributed by atoms with E-state index >= 15 is 0 Å². The van der Waals surface area contributed by atoms with Crippen LogP contribution >= 0.6 is 12.6 Å². The Hall–Kier alpha value is -2.01. The lowest BCUT2D eigenvalue weighted by Gasteiger charge is -2.23. The molecule has 134 valence electrons. The average molecular weight is 361 g/mol. The molecular weight excluding hydrogens is 337 g/mol. The minimum Gasteiger partial charge on any atom is -0.496 e. The predicted molar refractivity (Wildman–Crippen MR) is 103 cm³/mol. The molecule has 0 unspecified atom stereocenters. The van der Waals surface area contributed by atoms with Gasteiger partial charge in [0, 0.05) is 23.3 Å². The topological polar surface area (TPSA) is 29.5 Å². The highest BCUT2D eigenvalue weighted by Crippen LogP contribution is 2.32. The van der Waals surface area contributed by atoms with E-state index in [9.17, 15) is 9.18 Å². The monoisotopic (exact) mass is 361 g/mol. The third-order valence-electron chi connectivity index (χ3n) is 4.49. The first-order valence-corrected chi connectivity index (χ1v) is 8.68. The van der Waals surface area contributed by atoms with Crippen molar-refractivity contribution in [3.8, 4) is 0 Å². The Kier molecular flexibility index (Phi) is 6.88. The number of nitrogens with zero attached hydrogens (tertiary/aromatic N) is 1. The van der Waals surface area contributed by atoms with Crippen molar-refractivity contribution in [2.75, 3.05) is 19.1 Å². The van der Waals surface area contributed by atoms with Gasteiger partial charge in [0.1, 0.15) is 12.4 Å². The van der Waals surface area contributed by atoms with Gasteiger partial charge in [0.25, 0.3) is 0 Å². The molecule has 2 rings (SSSR count). The van der Waals surface area contributed by atoms with Gasteiger partial charge in [-0.1, -0.05) is 12.1 Å². The molecule has 0 radical (unpaired) electrons. The van der Waals surface area contributed by atoms with Gasteiger partial charge < -0.3 is 9.64 Å². The molecule has 3 nitrogen and oxygen atoms in total. The van der Waals surface area contributed by atoms with E-state index in [1.54, 1.807) is 25.3 Å². The molecule has 0 saturated heterocycles. The van der Waals surface area contributed by atoms with Crippen molar-refractivity contribution in [2.45, 2.75) is 32.9 Å². The van der Waals surface area contributed by atoms with E-state index in [0.717, 1.165) is 36.9 Å². The largest absolute Gasteiger partial charge is 0.496 e. The number of hydrogen-bond donors (Lipinski definition) is 1. The van der Waals surface area contributed by atoms with E-state index in [-0.39, 0.29) is 0 Å². The number of aldehydes is 1. The molecule has 0 N–H and O–H groups in total. The molecule has 25 heavy (non-hydrogen) atoms. The minimum atomic E-state index is -0.502. The number of rotatable bonds is 7. The number of carbonyl (C=O) groups is 1. The Morgan fingerprint density at radius 2 is 2.12 bits per heavy atom. The summed E-state index contributed by atoms with van der Waals surface area (Å²) in [6.45, 7) is 1.41. The van der Waals surface area contributed by atoms with Crippen LogP contribution in [0.3, 0.4) is 0 Å². The second-order valence-corrected chi connectivity index (χ2v) is 6.52. The molecule has 1 fully saturated rings.